The minimum Gasteiger partial charge on any atom is -0.790 e. The summed E-state index contributed by atoms with van der Waals surface area (Å²) in [5, 5.41) is 59.4. The largest absolute Gasteiger partial charge is 0.790 e. The highest BCUT2D eigenvalue weighted by Gasteiger charge is 2.49. The van der Waals surface area contributed by atoms with E-state index in [0.717, 1.165) is 47.7 Å². The van der Waals surface area contributed by atoms with Gasteiger partial charge in [0.1, 0.15) is 78.8 Å². The van der Waals surface area contributed by atoms with Gasteiger partial charge in [0, 0.05) is 74.0 Å². The van der Waals surface area contributed by atoms with Crippen molar-refractivity contribution >= 4 is 141 Å². The van der Waals surface area contributed by atoms with E-state index in [1.165, 1.54) is 39.5 Å². The van der Waals surface area contributed by atoms with Gasteiger partial charge in [0.25, 0.3) is 37.3 Å². The number of carboxylic acid groups (broad SMARTS) is 1. The molecule has 0 aromatic carbocycles. The van der Waals surface area contributed by atoms with E-state index in [1.807, 2.05) is 0 Å². The topological polar surface area (TPSA) is 802 Å². The molecule has 0 aliphatic carbocycles. The molecular formula is C46H72N14O36P6S2-8. The maximum Gasteiger partial charge on any atom is 0.300 e. The standard InChI is InChI=1S/C23H38N7O17P3S.C21H36N7O16P3S.C2H4O2.H2O/c1-23(2,18(34)21(35)26-4-3-14(32)25-5-7-51-8-6-31)10-44-50(41,42)47-49(39,40)43-9-13-17(46-48(36,37)38)16(33)22(45-13)30-12-29-15-19(24)27-11-28-20(15)30;1-21(2,16(31)19(32)24-4-3-12(29)23-5-6-48)8-41-47(38,39)44-46(36,37)40-7-11-15(43-45(33,34)35)14(30)20(42-11)28-10-27-13-17(22)25-9-26-18(13)28;1-2(3)4;/h6,11-13,16-18,22,33-34H,3-5,7-10H2,1-2H3,(H,25,32)(H,26,35)(H,39,40)(H,41,42)(H2,24,27,28)(H2,36,37,38);9-11,14-16,20,30-31,48H,3-8H2,1-2H3,(H,23,29)(H,24,32)(H,36,37)(H,38,39)(H2,22,25,26)(H2,33,34,35);1H3,(H,3,4);1H2/p-8. The first kappa shape index (κ1) is 93.1. The second kappa shape index (κ2) is 40.4. The number of carboxylic acids is 1. The number of carbonyl (C=O) groups excluding carboxylic acids is 5. The Morgan fingerprint density at radius 2 is 0.981 bits per heavy atom. The fourth-order valence-electron chi connectivity index (χ4n) is 8.42. The Labute approximate surface area is 597 Å². The number of carbonyl (C=O) groups is 6. The van der Waals surface area contributed by atoms with Crippen LogP contribution in [0.25, 0.3) is 22.3 Å². The number of rotatable bonds is 39. The molecule has 2 aliphatic rings. The first-order valence-corrected chi connectivity index (χ1v) is 39.6. The molecule has 2 aliphatic heterocycles. The van der Waals surface area contributed by atoms with Gasteiger partial charge in [0.05, 0.1) is 54.7 Å². The Bertz CT molecular complexity index is 3850. The SMILES string of the molecule is CC(=O)O.CC(C)(COP(=O)([O-])OP(=O)([O-])OCC1OC(n2cnc3c(N)ncnc32)C(O)C1OP(=O)([O-])[O-])C(O)C(=O)NCCC(=O)NCCS.CC(C)(COP(=O)([O-])OP(=O)([O-])OCC1OC(n2cnc3c(N)ncnc32)C(O)C1OP(=O)([O-])[O-])C(O)C(=O)NCCC(=O)NCCSCC=O.O. The lowest BCUT2D eigenvalue weighted by Gasteiger charge is -2.36. The smallest absolute Gasteiger partial charge is 0.300 e. The van der Waals surface area contributed by atoms with Gasteiger partial charge in [-0.3, -0.25) is 51.4 Å². The average Bonchev–Trinajstić information content (AvgIpc) is 1.62. The normalized spacial score (nSPS) is 22.1. The number of fused-ring (bicyclic) bond motifs is 2. The summed E-state index contributed by atoms with van der Waals surface area (Å²) in [6, 6.07) is 0. The van der Waals surface area contributed by atoms with Gasteiger partial charge in [-0.1, -0.05) is 27.7 Å². The van der Waals surface area contributed by atoms with Crippen LogP contribution in [-0.4, -0.2) is 225 Å². The Morgan fingerprint density at radius 1 is 0.625 bits per heavy atom. The number of amides is 4. The molecule has 2 fully saturated rings. The molecule has 58 heteroatoms. The molecule has 50 nitrogen and oxygen atoms in total. The lowest BCUT2D eigenvalue weighted by molar-refractivity contribution is -0.348. The molecule has 592 valence electrons. The van der Waals surface area contributed by atoms with Crippen LogP contribution in [0.5, 0.6) is 0 Å². The highest BCUT2D eigenvalue weighted by Crippen LogP contribution is 2.58. The van der Waals surface area contributed by atoms with Crippen LogP contribution in [0.4, 0.5) is 11.6 Å². The number of nitrogens with two attached hydrogens (primary N) is 2. The van der Waals surface area contributed by atoms with Gasteiger partial charge in [-0.2, -0.15) is 24.4 Å². The van der Waals surface area contributed by atoms with E-state index in [0.29, 0.717) is 18.1 Å². The number of nitrogen functional groups attached to an aromatic ring is 2. The van der Waals surface area contributed by atoms with Gasteiger partial charge in [0.15, 0.2) is 35.4 Å². The molecule has 14 unspecified atom stereocenters. The highest BCUT2D eigenvalue weighted by molar-refractivity contribution is 7.99. The monoisotopic (exact) mass is 1650 g/mol. The van der Waals surface area contributed by atoms with Crippen molar-refractivity contribution < 1.29 is 172 Å². The summed E-state index contributed by atoms with van der Waals surface area (Å²) in [6.07, 6.45) is -14.2. The molecule has 0 bridgehead atoms. The number of aldehydes is 1. The van der Waals surface area contributed by atoms with Crippen molar-refractivity contribution in [1.29, 1.82) is 0 Å². The number of thioether (sulfide) groups is 1. The van der Waals surface area contributed by atoms with E-state index < -0.39 is 175 Å². The van der Waals surface area contributed by atoms with Crippen molar-refractivity contribution in [3.8, 4) is 0 Å². The Morgan fingerprint density at radius 3 is 1.33 bits per heavy atom. The maximum absolute atomic E-state index is 12.4. The third kappa shape index (κ3) is 30.1. The Balaban J connectivity index is 0.000000510. The molecule has 0 saturated carbocycles. The summed E-state index contributed by atoms with van der Waals surface area (Å²) in [7, 11) is -35.1. The number of phosphoric ester groups is 6. The molecule has 14 atom stereocenters. The van der Waals surface area contributed by atoms with Crippen molar-refractivity contribution in [1.82, 2.24) is 60.3 Å². The van der Waals surface area contributed by atoms with Crippen LogP contribution in [0.15, 0.2) is 25.3 Å². The van der Waals surface area contributed by atoms with Gasteiger partial charge >= 0.3 is 0 Å². The summed E-state index contributed by atoms with van der Waals surface area (Å²) >= 11 is 5.24. The molecular weight excluding hydrogens is 1570 g/mol. The molecule has 6 heterocycles. The zero-order valence-corrected chi connectivity index (χ0v) is 61.7. The third-order valence-electron chi connectivity index (χ3n) is 13.3. The minimum atomic E-state index is -5.90. The number of nitrogens with zero attached hydrogens (tertiary/aromatic N) is 8. The van der Waals surface area contributed by atoms with Gasteiger partial charge in [0.2, 0.25) is 23.6 Å². The number of aliphatic carboxylic acids is 1. The molecule has 15 N–H and O–H groups in total. The molecule has 104 heavy (non-hydrogen) atoms. The highest BCUT2D eigenvalue weighted by atomic mass is 32.2. The second-order valence-electron chi connectivity index (χ2n) is 22.5. The fourth-order valence-corrected chi connectivity index (χ4v) is 14.5. The van der Waals surface area contributed by atoms with E-state index >= 15 is 0 Å². The van der Waals surface area contributed by atoms with Gasteiger partial charge in [-0.25, -0.2) is 38.5 Å². The number of hydrogen-bond acceptors (Lipinski definition) is 44. The van der Waals surface area contributed by atoms with Crippen molar-refractivity contribution in [3.63, 3.8) is 0 Å². The van der Waals surface area contributed by atoms with E-state index in [1.54, 1.807) is 0 Å². The number of hydrogen-bond donors (Lipinski definition) is 12. The van der Waals surface area contributed by atoms with Crippen LogP contribution < -0.4 is 71.9 Å². The van der Waals surface area contributed by atoms with Crippen LogP contribution in [-0.2, 0) is 101 Å². The Kier molecular flexibility index (Phi) is 36.1. The zero-order chi connectivity index (χ0) is 77.9. The summed E-state index contributed by atoms with van der Waals surface area (Å²) in [4.78, 5) is 186. The number of aliphatic hydroxyl groups is 4. The number of imidazole rings is 2. The molecule has 2 saturated heterocycles. The second-order valence-corrected chi connectivity index (χ2v) is 32.2. The van der Waals surface area contributed by atoms with Crippen LogP contribution in [0, 0.1) is 10.8 Å². The number of aromatic nitrogens is 8. The van der Waals surface area contributed by atoms with Crippen molar-refractivity contribution in [2.24, 2.45) is 10.8 Å². The zero-order valence-electron chi connectivity index (χ0n) is 54.6. The average molecular weight is 1650 g/mol. The van der Waals surface area contributed by atoms with Crippen molar-refractivity contribution in [3.05, 3.63) is 25.3 Å². The molecule has 0 radical (unpaired) electrons. The predicted molar refractivity (Wildman–Crippen MR) is 336 cm³/mol. The molecule has 4 aromatic heterocycles. The van der Waals surface area contributed by atoms with Crippen molar-refractivity contribution in [2.45, 2.75) is 109 Å². The first-order valence-electron chi connectivity index (χ1n) is 29.0. The fraction of sp³-hybridized carbons (Fsp3) is 0.652. The number of phosphoric acid groups is 6. The molecule has 0 spiro atoms. The number of aliphatic hydroxyl groups excluding tert-OH is 4. The maximum atomic E-state index is 12.4. The summed E-state index contributed by atoms with van der Waals surface area (Å²) < 4.78 is 120. The Hall–Kier alpha value is -5.12. The number of ether oxygens (including phenoxy) is 2. The van der Waals surface area contributed by atoms with E-state index in [9.17, 15) is 111 Å². The third-order valence-corrected chi connectivity index (χ3v) is 20.4. The number of nitrogens with one attached hydrogen (secondary N) is 4. The molecule has 4 amide bonds. The summed E-state index contributed by atoms with van der Waals surface area (Å²) in [6.45, 7) is 1.63. The quantitative estimate of drug-likeness (QED) is 0.00854. The van der Waals surface area contributed by atoms with Crippen molar-refractivity contribution in [2.75, 3.05) is 81.3 Å². The first-order chi connectivity index (χ1) is 47.6. The van der Waals surface area contributed by atoms with Gasteiger partial charge in [-0.05, 0) is 0 Å². The summed E-state index contributed by atoms with van der Waals surface area (Å²) in [5.41, 5.74) is 8.18. The minimum absolute atomic E-state index is 0. The number of anilines is 2. The van der Waals surface area contributed by atoms with E-state index in [2.05, 4.69) is 99.6 Å². The van der Waals surface area contributed by atoms with Gasteiger partial charge in [-0.15, -0.1) is 0 Å². The molecule has 4 aromatic rings. The van der Waals surface area contributed by atoms with Crippen LogP contribution in [0.3, 0.4) is 0 Å². The summed E-state index contributed by atoms with van der Waals surface area (Å²) in [5.74, 6) is -2.62. The van der Waals surface area contributed by atoms with Crippen LogP contribution in [0.1, 0.15) is 59.9 Å². The van der Waals surface area contributed by atoms with Crippen LogP contribution in [0.2, 0.25) is 0 Å². The lowest BCUT2D eigenvalue weighted by Crippen LogP contribution is -2.46. The lowest BCUT2D eigenvalue weighted by atomic mass is 9.87. The van der Waals surface area contributed by atoms with Crippen LogP contribution >= 0.6 is 71.3 Å². The van der Waals surface area contributed by atoms with E-state index in [4.69, 9.17) is 30.8 Å². The van der Waals surface area contributed by atoms with E-state index in [-0.39, 0.29) is 77.7 Å². The van der Waals surface area contributed by atoms with Gasteiger partial charge < -0.3 is 153 Å². The number of thiol groups is 1. The molecule has 6 rings (SSSR count). The predicted octanol–water partition coefficient (Wildman–Crippen LogP) is -9.12.